The van der Waals surface area contributed by atoms with Crippen LogP contribution in [0.2, 0.25) is 0 Å². The van der Waals surface area contributed by atoms with E-state index in [-0.39, 0.29) is 0 Å². The number of likely N-dealkylation sites (N-methyl/N-ethyl adjacent to an activating group) is 1. The van der Waals surface area contributed by atoms with Crippen LogP contribution >= 0.6 is 0 Å². The van der Waals surface area contributed by atoms with Gasteiger partial charge in [-0.2, -0.15) is 0 Å². The largest absolute Gasteiger partial charge is 0.318 e. The average Bonchev–Trinajstić information content (AvgIpc) is 2.40. The van der Waals surface area contributed by atoms with Gasteiger partial charge in [-0.25, -0.2) is 0 Å². The number of hydrogen-bond donors (Lipinski definition) is 1. The summed E-state index contributed by atoms with van der Waals surface area (Å²) in [5, 5.41) is 3.41. The summed E-state index contributed by atoms with van der Waals surface area (Å²) in [6.07, 6.45) is 10.1. The van der Waals surface area contributed by atoms with Crippen LogP contribution < -0.4 is 5.32 Å². The van der Waals surface area contributed by atoms with E-state index in [0.717, 1.165) is 23.9 Å². The van der Waals surface area contributed by atoms with Crippen molar-refractivity contribution in [3.05, 3.63) is 0 Å². The van der Waals surface area contributed by atoms with Crippen molar-refractivity contribution in [2.45, 2.75) is 70.9 Å². The van der Waals surface area contributed by atoms with Crippen molar-refractivity contribution in [1.29, 1.82) is 0 Å². The predicted octanol–water partition coefficient (Wildman–Crippen LogP) is 3.28. The molecule has 2 rings (SSSR count). The fraction of sp³-hybridized carbons (Fsp3) is 1.00. The van der Waals surface area contributed by atoms with Gasteiger partial charge in [-0.3, -0.25) is 4.90 Å². The first-order valence-corrected chi connectivity index (χ1v) is 8.14. The molecule has 2 fully saturated rings. The number of piperidine rings is 1. The maximum Gasteiger partial charge on any atom is 0.0223 e. The number of rotatable bonds is 4. The molecule has 3 unspecified atom stereocenters. The summed E-state index contributed by atoms with van der Waals surface area (Å²) < 4.78 is 0. The summed E-state index contributed by atoms with van der Waals surface area (Å²) in [7, 11) is 2.10. The highest BCUT2D eigenvalue weighted by molar-refractivity contribution is 4.90. The van der Waals surface area contributed by atoms with Gasteiger partial charge in [0.15, 0.2) is 0 Å². The van der Waals surface area contributed by atoms with Crippen molar-refractivity contribution in [2.24, 2.45) is 11.8 Å². The summed E-state index contributed by atoms with van der Waals surface area (Å²) in [5.74, 6) is 1.80. The van der Waals surface area contributed by atoms with Crippen molar-refractivity contribution < 1.29 is 0 Å². The van der Waals surface area contributed by atoms with Crippen LogP contribution in [0.15, 0.2) is 0 Å². The molecular formula is C16H32N2. The van der Waals surface area contributed by atoms with E-state index in [1.165, 1.54) is 58.0 Å². The monoisotopic (exact) mass is 252 g/mol. The lowest BCUT2D eigenvalue weighted by molar-refractivity contribution is 0.0239. The van der Waals surface area contributed by atoms with Gasteiger partial charge in [0.25, 0.3) is 0 Å². The Balaban J connectivity index is 2.05. The van der Waals surface area contributed by atoms with Crippen LogP contribution in [-0.4, -0.2) is 37.1 Å². The zero-order chi connectivity index (χ0) is 13.0. The lowest BCUT2D eigenvalue weighted by Crippen LogP contribution is -2.54. The SMILES string of the molecule is CNCC1CCCCN1C1CCCCC1C(C)C. The van der Waals surface area contributed by atoms with E-state index >= 15 is 0 Å². The Morgan fingerprint density at radius 3 is 2.50 bits per heavy atom. The highest BCUT2D eigenvalue weighted by Crippen LogP contribution is 2.36. The molecule has 3 atom stereocenters. The van der Waals surface area contributed by atoms with E-state index in [0.29, 0.717) is 0 Å². The molecule has 18 heavy (non-hydrogen) atoms. The van der Waals surface area contributed by atoms with E-state index in [9.17, 15) is 0 Å². The number of nitrogens with zero attached hydrogens (tertiary/aromatic N) is 1. The molecule has 0 aromatic heterocycles. The fourth-order valence-electron chi connectivity index (χ4n) is 4.24. The van der Waals surface area contributed by atoms with Crippen molar-refractivity contribution in [3.63, 3.8) is 0 Å². The number of hydrogen-bond acceptors (Lipinski definition) is 2. The maximum absolute atomic E-state index is 3.41. The van der Waals surface area contributed by atoms with Crippen LogP contribution in [0.25, 0.3) is 0 Å². The van der Waals surface area contributed by atoms with E-state index in [1.54, 1.807) is 0 Å². The minimum atomic E-state index is 0.799. The van der Waals surface area contributed by atoms with Crippen LogP contribution in [-0.2, 0) is 0 Å². The van der Waals surface area contributed by atoms with E-state index in [2.05, 4.69) is 31.1 Å². The number of likely N-dealkylation sites (tertiary alicyclic amines) is 1. The molecule has 2 heteroatoms. The van der Waals surface area contributed by atoms with Crippen molar-refractivity contribution >= 4 is 0 Å². The minimum Gasteiger partial charge on any atom is -0.318 e. The minimum absolute atomic E-state index is 0.799. The third-order valence-corrected chi connectivity index (χ3v) is 5.18. The molecule has 1 saturated heterocycles. The molecule has 1 N–H and O–H groups in total. The summed E-state index contributed by atoms with van der Waals surface area (Å²) >= 11 is 0. The summed E-state index contributed by atoms with van der Waals surface area (Å²) in [5.41, 5.74) is 0. The van der Waals surface area contributed by atoms with Crippen LogP contribution in [0.1, 0.15) is 58.8 Å². The smallest absolute Gasteiger partial charge is 0.0223 e. The van der Waals surface area contributed by atoms with E-state index in [4.69, 9.17) is 0 Å². The Labute approximate surface area is 114 Å². The van der Waals surface area contributed by atoms with E-state index < -0.39 is 0 Å². The highest BCUT2D eigenvalue weighted by Gasteiger charge is 2.35. The molecule has 0 aromatic carbocycles. The van der Waals surface area contributed by atoms with Gasteiger partial charge in [-0.05, 0) is 51.1 Å². The van der Waals surface area contributed by atoms with Crippen LogP contribution in [0, 0.1) is 11.8 Å². The zero-order valence-electron chi connectivity index (χ0n) is 12.6. The maximum atomic E-state index is 3.41. The van der Waals surface area contributed by atoms with Crippen LogP contribution in [0.4, 0.5) is 0 Å². The second-order valence-electron chi connectivity index (χ2n) is 6.70. The van der Waals surface area contributed by atoms with E-state index in [1.807, 2.05) is 0 Å². The Bertz CT molecular complexity index is 237. The predicted molar refractivity (Wildman–Crippen MR) is 78.9 cm³/mol. The summed E-state index contributed by atoms with van der Waals surface area (Å²) in [6.45, 7) is 7.39. The molecule has 106 valence electrons. The lowest BCUT2D eigenvalue weighted by atomic mass is 9.76. The molecular weight excluding hydrogens is 220 g/mol. The Morgan fingerprint density at radius 2 is 1.78 bits per heavy atom. The van der Waals surface area contributed by atoms with Gasteiger partial charge in [0.05, 0.1) is 0 Å². The molecule has 0 radical (unpaired) electrons. The molecule has 2 nitrogen and oxygen atoms in total. The van der Waals surface area contributed by atoms with Gasteiger partial charge in [0.2, 0.25) is 0 Å². The summed E-state index contributed by atoms with van der Waals surface area (Å²) in [4.78, 5) is 2.88. The molecule has 0 aromatic rings. The summed E-state index contributed by atoms with van der Waals surface area (Å²) in [6, 6.07) is 1.67. The van der Waals surface area contributed by atoms with Crippen LogP contribution in [0.5, 0.6) is 0 Å². The molecule has 0 spiro atoms. The Morgan fingerprint density at radius 1 is 1.06 bits per heavy atom. The molecule has 2 aliphatic rings. The average molecular weight is 252 g/mol. The molecule has 1 saturated carbocycles. The first kappa shape index (κ1) is 14.3. The molecule has 1 aliphatic heterocycles. The topological polar surface area (TPSA) is 15.3 Å². The van der Waals surface area contributed by atoms with Gasteiger partial charge in [0, 0.05) is 18.6 Å². The zero-order valence-corrected chi connectivity index (χ0v) is 12.6. The van der Waals surface area contributed by atoms with Gasteiger partial charge in [-0.1, -0.05) is 33.1 Å². The molecule has 0 amide bonds. The first-order valence-electron chi connectivity index (χ1n) is 8.14. The van der Waals surface area contributed by atoms with Gasteiger partial charge < -0.3 is 5.32 Å². The molecule has 1 heterocycles. The second-order valence-corrected chi connectivity index (χ2v) is 6.70. The molecule has 1 aliphatic carbocycles. The quantitative estimate of drug-likeness (QED) is 0.826. The molecule has 0 bridgehead atoms. The standard InChI is InChI=1S/C16H32N2/c1-13(2)15-9-4-5-10-16(15)18-11-7-6-8-14(18)12-17-3/h13-17H,4-12H2,1-3H3. The fourth-order valence-corrected chi connectivity index (χ4v) is 4.24. The lowest BCUT2D eigenvalue weighted by Gasteiger charge is -2.47. The third-order valence-electron chi connectivity index (χ3n) is 5.18. The number of nitrogens with one attached hydrogen (secondary N) is 1. The van der Waals surface area contributed by atoms with Gasteiger partial charge in [0.1, 0.15) is 0 Å². The normalized spacial score (nSPS) is 35.0. The second kappa shape index (κ2) is 6.91. The highest BCUT2D eigenvalue weighted by atomic mass is 15.2. The van der Waals surface area contributed by atoms with Crippen LogP contribution in [0.3, 0.4) is 0 Å². The van der Waals surface area contributed by atoms with Crippen molar-refractivity contribution in [3.8, 4) is 0 Å². The van der Waals surface area contributed by atoms with Gasteiger partial charge in [-0.15, -0.1) is 0 Å². The van der Waals surface area contributed by atoms with Crippen molar-refractivity contribution in [1.82, 2.24) is 10.2 Å². The third kappa shape index (κ3) is 3.27. The Kier molecular flexibility index (Phi) is 5.50. The first-order chi connectivity index (χ1) is 8.74. The Hall–Kier alpha value is -0.0800. The van der Waals surface area contributed by atoms with Gasteiger partial charge >= 0.3 is 0 Å². The van der Waals surface area contributed by atoms with Crippen molar-refractivity contribution in [2.75, 3.05) is 20.1 Å².